The third-order valence-electron chi connectivity index (χ3n) is 3.57. The Balaban J connectivity index is 1.94. The second kappa shape index (κ2) is 5.25. The molecule has 2 aromatic rings. The molecule has 0 saturated carbocycles. The molecular formula is C15H16N2O2S. The fraction of sp³-hybridized carbons (Fsp3) is 0.333. The highest BCUT2D eigenvalue weighted by atomic mass is 32.1. The molecule has 1 aromatic carbocycles. The molecule has 20 heavy (non-hydrogen) atoms. The van der Waals surface area contributed by atoms with Crippen LogP contribution in [0.15, 0.2) is 23.6 Å². The standard InChI is InChI=1S/C15H16N2O2S/c1-10-9-20-14(16-10)8-17-7-3-5-11-12(15(18)19)4-2-6-13(11)17/h2,4,6,9H,3,5,7-8H2,1H3,(H,18,19). The smallest absolute Gasteiger partial charge is 0.336 e. The summed E-state index contributed by atoms with van der Waals surface area (Å²) in [5.41, 5.74) is 3.48. The van der Waals surface area contributed by atoms with Crippen LogP contribution in [0.1, 0.15) is 33.0 Å². The van der Waals surface area contributed by atoms with E-state index in [9.17, 15) is 9.90 Å². The Labute approximate surface area is 121 Å². The van der Waals surface area contributed by atoms with Gasteiger partial charge in [0.05, 0.1) is 12.1 Å². The average Bonchev–Trinajstić information content (AvgIpc) is 2.84. The number of rotatable bonds is 3. The zero-order valence-corrected chi connectivity index (χ0v) is 12.1. The minimum atomic E-state index is -0.839. The van der Waals surface area contributed by atoms with E-state index in [2.05, 4.69) is 9.88 Å². The lowest BCUT2D eigenvalue weighted by Crippen LogP contribution is -2.29. The van der Waals surface area contributed by atoms with Crippen molar-refractivity contribution in [1.82, 2.24) is 4.98 Å². The van der Waals surface area contributed by atoms with E-state index < -0.39 is 5.97 Å². The molecule has 0 saturated heterocycles. The van der Waals surface area contributed by atoms with Gasteiger partial charge in [-0.2, -0.15) is 0 Å². The molecule has 2 heterocycles. The van der Waals surface area contributed by atoms with E-state index in [1.165, 1.54) is 0 Å². The van der Waals surface area contributed by atoms with Gasteiger partial charge < -0.3 is 10.0 Å². The summed E-state index contributed by atoms with van der Waals surface area (Å²) in [5, 5.41) is 12.4. The van der Waals surface area contributed by atoms with Gasteiger partial charge in [-0.15, -0.1) is 11.3 Å². The summed E-state index contributed by atoms with van der Waals surface area (Å²) in [7, 11) is 0. The highest BCUT2D eigenvalue weighted by molar-refractivity contribution is 7.09. The van der Waals surface area contributed by atoms with Crippen molar-refractivity contribution in [3.8, 4) is 0 Å². The number of hydrogen-bond donors (Lipinski definition) is 1. The van der Waals surface area contributed by atoms with Gasteiger partial charge in [0, 0.05) is 23.3 Å². The Bertz CT molecular complexity index is 651. The van der Waals surface area contributed by atoms with Crippen LogP contribution in [0.5, 0.6) is 0 Å². The van der Waals surface area contributed by atoms with Gasteiger partial charge in [-0.05, 0) is 37.5 Å². The average molecular weight is 288 g/mol. The SMILES string of the molecule is Cc1csc(CN2CCCc3c(C(=O)O)cccc32)n1. The van der Waals surface area contributed by atoms with Gasteiger partial charge in [0.2, 0.25) is 0 Å². The molecule has 1 aliphatic rings. The number of thiazole rings is 1. The molecule has 0 amide bonds. The molecule has 0 unspecified atom stereocenters. The van der Waals surface area contributed by atoms with Crippen molar-refractivity contribution in [1.29, 1.82) is 0 Å². The fourth-order valence-electron chi connectivity index (χ4n) is 2.70. The number of fused-ring (bicyclic) bond motifs is 1. The van der Waals surface area contributed by atoms with Gasteiger partial charge in [-0.25, -0.2) is 9.78 Å². The van der Waals surface area contributed by atoms with Gasteiger partial charge >= 0.3 is 5.97 Å². The molecule has 3 rings (SSSR count). The topological polar surface area (TPSA) is 53.4 Å². The minimum absolute atomic E-state index is 0.433. The Morgan fingerprint density at radius 2 is 2.35 bits per heavy atom. The van der Waals surface area contributed by atoms with Gasteiger partial charge in [0.15, 0.2) is 0 Å². The molecule has 0 bridgehead atoms. The van der Waals surface area contributed by atoms with Gasteiger partial charge in [0.1, 0.15) is 5.01 Å². The number of carboxylic acid groups (broad SMARTS) is 1. The van der Waals surface area contributed by atoms with Crippen LogP contribution in [0.25, 0.3) is 0 Å². The summed E-state index contributed by atoms with van der Waals surface area (Å²) in [5.74, 6) is -0.839. The number of anilines is 1. The lowest BCUT2D eigenvalue weighted by atomic mass is 9.96. The Kier molecular flexibility index (Phi) is 3.44. The summed E-state index contributed by atoms with van der Waals surface area (Å²) in [6, 6.07) is 5.54. The van der Waals surface area contributed by atoms with Gasteiger partial charge in [0.25, 0.3) is 0 Å². The quantitative estimate of drug-likeness (QED) is 0.943. The third-order valence-corrected chi connectivity index (χ3v) is 4.52. The Morgan fingerprint density at radius 1 is 1.50 bits per heavy atom. The maximum Gasteiger partial charge on any atom is 0.336 e. The fourth-order valence-corrected chi connectivity index (χ4v) is 3.49. The highest BCUT2D eigenvalue weighted by Gasteiger charge is 2.22. The summed E-state index contributed by atoms with van der Waals surface area (Å²) in [4.78, 5) is 18.0. The molecule has 1 aromatic heterocycles. The van der Waals surface area contributed by atoms with Gasteiger partial charge in [-0.1, -0.05) is 6.07 Å². The number of benzene rings is 1. The normalized spacial score (nSPS) is 14.2. The minimum Gasteiger partial charge on any atom is -0.478 e. The van der Waals surface area contributed by atoms with E-state index in [4.69, 9.17) is 0 Å². The monoisotopic (exact) mass is 288 g/mol. The van der Waals surface area contributed by atoms with E-state index >= 15 is 0 Å². The number of hydrogen-bond acceptors (Lipinski definition) is 4. The summed E-state index contributed by atoms with van der Waals surface area (Å²) < 4.78 is 0. The predicted octanol–water partition coefficient (Wildman–Crippen LogP) is 3.10. The van der Waals surface area contributed by atoms with Crippen molar-refractivity contribution >= 4 is 23.0 Å². The maximum absolute atomic E-state index is 11.3. The van der Waals surface area contributed by atoms with Crippen molar-refractivity contribution < 1.29 is 9.90 Å². The van der Waals surface area contributed by atoms with E-state index in [0.717, 1.165) is 47.9 Å². The molecule has 0 fully saturated rings. The zero-order valence-electron chi connectivity index (χ0n) is 11.3. The molecule has 0 radical (unpaired) electrons. The number of aryl methyl sites for hydroxylation is 1. The number of carboxylic acids is 1. The van der Waals surface area contributed by atoms with Crippen LogP contribution in [0, 0.1) is 6.92 Å². The van der Waals surface area contributed by atoms with Crippen molar-refractivity contribution in [3.63, 3.8) is 0 Å². The van der Waals surface area contributed by atoms with Crippen LogP contribution in [0.3, 0.4) is 0 Å². The van der Waals surface area contributed by atoms with E-state index in [-0.39, 0.29) is 0 Å². The lowest BCUT2D eigenvalue weighted by molar-refractivity contribution is 0.0695. The van der Waals surface area contributed by atoms with E-state index in [0.29, 0.717) is 5.56 Å². The number of aromatic nitrogens is 1. The van der Waals surface area contributed by atoms with Crippen LogP contribution in [0.4, 0.5) is 5.69 Å². The molecule has 0 spiro atoms. The van der Waals surface area contributed by atoms with E-state index in [1.807, 2.05) is 24.4 Å². The molecule has 0 atom stereocenters. The molecule has 4 nitrogen and oxygen atoms in total. The van der Waals surface area contributed by atoms with Crippen LogP contribution < -0.4 is 4.90 Å². The van der Waals surface area contributed by atoms with Crippen LogP contribution in [-0.4, -0.2) is 22.6 Å². The van der Waals surface area contributed by atoms with Crippen molar-refractivity contribution in [2.24, 2.45) is 0 Å². The first-order valence-corrected chi connectivity index (χ1v) is 7.54. The van der Waals surface area contributed by atoms with Crippen molar-refractivity contribution in [2.75, 3.05) is 11.4 Å². The second-order valence-corrected chi connectivity index (χ2v) is 5.96. The summed E-state index contributed by atoms with van der Waals surface area (Å²) >= 11 is 1.66. The van der Waals surface area contributed by atoms with Gasteiger partial charge in [-0.3, -0.25) is 0 Å². The molecule has 1 aliphatic heterocycles. The maximum atomic E-state index is 11.3. The van der Waals surface area contributed by atoms with Crippen LogP contribution in [-0.2, 0) is 13.0 Å². The molecular weight excluding hydrogens is 272 g/mol. The molecule has 5 heteroatoms. The molecule has 0 aliphatic carbocycles. The Hall–Kier alpha value is -1.88. The van der Waals surface area contributed by atoms with Crippen molar-refractivity contribution in [3.05, 3.63) is 45.4 Å². The summed E-state index contributed by atoms with van der Waals surface area (Å²) in [6.07, 6.45) is 1.83. The molecule has 1 N–H and O–H groups in total. The number of aromatic carboxylic acids is 1. The second-order valence-electron chi connectivity index (χ2n) is 5.02. The lowest BCUT2D eigenvalue weighted by Gasteiger charge is -2.31. The predicted molar refractivity (Wildman–Crippen MR) is 79.6 cm³/mol. The first-order chi connectivity index (χ1) is 9.65. The summed E-state index contributed by atoms with van der Waals surface area (Å²) in [6.45, 7) is 3.70. The largest absolute Gasteiger partial charge is 0.478 e. The molecule has 104 valence electrons. The zero-order chi connectivity index (χ0) is 14.1. The Morgan fingerprint density at radius 3 is 3.05 bits per heavy atom. The van der Waals surface area contributed by atoms with Crippen LogP contribution in [0.2, 0.25) is 0 Å². The van der Waals surface area contributed by atoms with Crippen molar-refractivity contribution in [2.45, 2.75) is 26.3 Å². The first kappa shape index (κ1) is 13.1. The first-order valence-electron chi connectivity index (χ1n) is 6.66. The third kappa shape index (κ3) is 2.41. The van der Waals surface area contributed by atoms with Crippen LogP contribution >= 0.6 is 11.3 Å². The number of carbonyl (C=O) groups is 1. The van der Waals surface area contributed by atoms with E-state index in [1.54, 1.807) is 17.4 Å². The highest BCUT2D eigenvalue weighted by Crippen LogP contribution is 2.31. The number of nitrogens with zero attached hydrogens (tertiary/aromatic N) is 2.